The first kappa shape index (κ1) is 19.9. The van der Waals surface area contributed by atoms with E-state index in [0.29, 0.717) is 17.1 Å². The molecular formula is C18H19ClN2O4S. The molecule has 138 valence electrons. The third-order valence-corrected chi connectivity index (χ3v) is 4.49. The molecule has 0 unspecified atom stereocenters. The molecule has 0 atom stereocenters. The largest absolute Gasteiger partial charge is 0.456 e. The van der Waals surface area contributed by atoms with Crippen LogP contribution in [-0.2, 0) is 20.9 Å². The zero-order chi connectivity index (χ0) is 18.9. The van der Waals surface area contributed by atoms with Crippen molar-refractivity contribution in [3.05, 3.63) is 57.2 Å². The van der Waals surface area contributed by atoms with Crippen LogP contribution in [0.15, 0.2) is 41.1 Å². The van der Waals surface area contributed by atoms with Crippen molar-refractivity contribution < 1.29 is 19.1 Å². The first-order valence-electron chi connectivity index (χ1n) is 7.90. The topological polar surface area (TPSA) is 75.7 Å². The molecule has 0 saturated heterocycles. The minimum atomic E-state index is -0.543. The number of carbonyl (C=O) groups is 3. The van der Waals surface area contributed by atoms with Crippen molar-refractivity contribution in [3.63, 3.8) is 0 Å². The Hall–Kier alpha value is -2.38. The lowest BCUT2D eigenvalue weighted by Gasteiger charge is -2.16. The number of esters is 1. The van der Waals surface area contributed by atoms with Crippen LogP contribution < -0.4 is 5.32 Å². The SMILES string of the molecule is CN(Cc1ccsc1)C(=O)COC(=O)CCNC(=O)c1ccc(Cl)cc1. The van der Waals surface area contributed by atoms with E-state index in [2.05, 4.69) is 5.32 Å². The average Bonchev–Trinajstić information content (AvgIpc) is 3.13. The highest BCUT2D eigenvalue weighted by atomic mass is 35.5. The number of nitrogens with one attached hydrogen (secondary N) is 1. The predicted molar refractivity (Wildman–Crippen MR) is 100 cm³/mol. The van der Waals surface area contributed by atoms with Crippen LogP contribution in [0.4, 0.5) is 0 Å². The van der Waals surface area contributed by atoms with Crippen LogP contribution >= 0.6 is 22.9 Å². The van der Waals surface area contributed by atoms with E-state index in [1.165, 1.54) is 4.90 Å². The molecule has 1 aromatic heterocycles. The highest BCUT2D eigenvalue weighted by Gasteiger charge is 2.13. The number of halogens is 1. The Bertz CT molecular complexity index is 747. The summed E-state index contributed by atoms with van der Waals surface area (Å²) in [5.74, 6) is -1.13. The van der Waals surface area contributed by atoms with Crippen molar-refractivity contribution in [2.75, 3.05) is 20.2 Å². The number of nitrogens with zero attached hydrogens (tertiary/aromatic N) is 1. The van der Waals surface area contributed by atoms with Crippen molar-refractivity contribution in [2.24, 2.45) is 0 Å². The molecule has 1 aromatic carbocycles. The zero-order valence-electron chi connectivity index (χ0n) is 14.2. The quantitative estimate of drug-likeness (QED) is 0.698. The van der Waals surface area contributed by atoms with Gasteiger partial charge < -0.3 is 15.0 Å². The lowest BCUT2D eigenvalue weighted by Crippen LogP contribution is -2.31. The lowest BCUT2D eigenvalue weighted by molar-refractivity contribution is -0.151. The van der Waals surface area contributed by atoms with Crippen LogP contribution in [0.25, 0.3) is 0 Å². The van der Waals surface area contributed by atoms with Crippen LogP contribution in [0, 0.1) is 0 Å². The van der Waals surface area contributed by atoms with Crippen LogP contribution in [0.3, 0.4) is 0 Å². The van der Waals surface area contributed by atoms with E-state index in [4.69, 9.17) is 16.3 Å². The van der Waals surface area contributed by atoms with Gasteiger partial charge in [-0.1, -0.05) is 11.6 Å². The van der Waals surface area contributed by atoms with Gasteiger partial charge in [0.1, 0.15) is 0 Å². The van der Waals surface area contributed by atoms with Gasteiger partial charge in [0, 0.05) is 30.7 Å². The number of ether oxygens (including phenoxy) is 1. The summed E-state index contributed by atoms with van der Waals surface area (Å²) in [5.41, 5.74) is 1.48. The van der Waals surface area contributed by atoms with Crippen molar-refractivity contribution >= 4 is 40.7 Å². The van der Waals surface area contributed by atoms with Gasteiger partial charge in [-0.15, -0.1) is 0 Å². The Kier molecular flexibility index (Phi) is 7.62. The fourth-order valence-corrected chi connectivity index (χ4v) is 2.84. The summed E-state index contributed by atoms with van der Waals surface area (Å²) in [4.78, 5) is 37.0. The zero-order valence-corrected chi connectivity index (χ0v) is 15.8. The maximum atomic E-state index is 11.9. The normalized spacial score (nSPS) is 10.2. The van der Waals surface area contributed by atoms with Gasteiger partial charge >= 0.3 is 5.97 Å². The molecule has 0 aliphatic carbocycles. The van der Waals surface area contributed by atoms with Crippen molar-refractivity contribution in [2.45, 2.75) is 13.0 Å². The first-order chi connectivity index (χ1) is 12.5. The number of hydrogen-bond acceptors (Lipinski definition) is 5. The third kappa shape index (κ3) is 6.50. The molecule has 0 spiro atoms. The van der Waals surface area contributed by atoms with E-state index >= 15 is 0 Å². The third-order valence-electron chi connectivity index (χ3n) is 3.50. The van der Waals surface area contributed by atoms with E-state index in [0.717, 1.165) is 5.56 Å². The molecule has 1 heterocycles. The molecule has 6 nitrogen and oxygen atoms in total. The van der Waals surface area contributed by atoms with Crippen LogP contribution in [0.1, 0.15) is 22.3 Å². The fraction of sp³-hybridized carbons (Fsp3) is 0.278. The number of thiophene rings is 1. The van der Waals surface area contributed by atoms with E-state index in [1.54, 1.807) is 42.6 Å². The summed E-state index contributed by atoms with van der Waals surface area (Å²) in [6.07, 6.45) is -0.0130. The predicted octanol–water partition coefficient (Wildman–Crippen LogP) is 2.72. The number of benzene rings is 1. The van der Waals surface area contributed by atoms with Gasteiger partial charge in [-0.3, -0.25) is 14.4 Å². The van der Waals surface area contributed by atoms with Crippen molar-refractivity contribution in [1.82, 2.24) is 10.2 Å². The Morgan fingerprint density at radius 2 is 1.92 bits per heavy atom. The number of likely N-dealkylation sites (N-methyl/N-ethyl adjacent to an activating group) is 1. The summed E-state index contributed by atoms with van der Waals surface area (Å²) in [7, 11) is 1.65. The molecule has 2 aromatic rings. The second kappa shape index (κ2) is 9.94. The van der Waals surface area contributed by atoms with E-state index in [1.807, 2.05) is 16.8 Å². The smallest absolute Gasteiger partial charge is 0.308 e. The highest BCUT2D eigenvalue weighted by molar-refractivity contribution is 7.07. The second-order valence-electron chi connectivity index (χ2n) is 5.55. The van der Waals surface area contributed by atoms with Gasteiger partial charge in [0.15, 0.2) is 6.61 Å². The fourth-order valence-electron chi connectivity index (χ4n) is 2.05. The van der Waals surface area contributed by atoms with Crippen LogP contribution in [0.5, 0.6) is 0 Å². The molecule has 0 radical (unpaired) electrons. The number of rotatable bonds is 8. The molecule has 26 heavy (non-hydrogen) atoms. The van der Waals surface area contributed by atoms with Gasteiger partial charge in [-0.25, -0.2) is 0 Å². The molecule has 2 amide bonds. The van der Waals surface area contributed by atoms with Gasteiger partial charge in [-0.2, -0.15) is 11.3 Å². The maximum Gasteiger partial charge on any atom is 0.308 e. The molecule has 8 heteroatoms. The van der Waals surface area contributed by atoms with Gasteiger partial charge in [0.05, 0.1) is 6.42 Å². The molecular weight excluding hydrogens is 376 g/mol. The Labute approximate surface area is 160 Å². The molecule has 0 aliphatic rings. The maximum absolute atomic E-state index is 11.9. The lowest BCUT2D eigenvalue weighted by atomic mass is 10.2. The molecule has 0 bridgehead atoms. The van der Waals surface area contributed by atoms with Crippen LogP contribution in [-0.4, -0.2) is 42.9 Å². The standard InChI is InChI=1S/C18H19ClN2O4S/c1-21(10-13-7-9-26-12-13)16(22)11-25-17(23)6-8-20-18(24)14-2-4-15(19)5-3-14/h2-5,7,9,12H,6,8,10-11H2,1H3,(H,20,24). The minimum absolute atomic E-state index is 0.0130. The van der Waals surface area contributed by atoms with E-state index < -0.39 is 5.97 Å². The van der Waals surface area contributed by atoms with E-state index in [9.17, 15) is 14.4 Å². The number of hydrogen-bond donors (Lipinski definition) is 1. The number of amides is 2. The summed E-state index contributed by atoms with van der Waals surface area (Å²) < 4.78 is 4.95. The molecule has 0 fully saturated rings. The van der Waals surface area contributed by atoms with Gasteiger partial charge in [-0.05, 0) is 46.7 Å². The van der Waals surface area contributed by atoms with Crippen LogP contribution in [0.2, 0.25) is 5.02 Å². The summed E-state index contributed by atoms with van der Waals surface area (Å²) in [6, 6.07) is 8.35. The molecule has 1 N–H and O–H groups in total. The summed E-state index contributed by atoms with van der Waals surface area (Å²) >= 11 is 7.32. The highest BCUT2D eigenvalue weighted by Crippen LogP contribution is 2.10. The summed E-state index contributed by atoms with van der Waals surface area (Å²) in [6.45, 7) is 0.279. The Morgan fingerprint density at radius 3 is 2.58 bits per heavy atom. The monoisotopic (exact) mass is 394 g/mol. The van der Waals surface area contributed by atoms with Crippen molar-refractivity contribution in [3.8, 4) is 0 Å². The van der Waals surface area contributed by atoms with Gasteiger partial charge in [0.25, 0.3) is 11.8 Å². The second-order valence-corrected chi connectivity index (χ2v) is 6.77. The number of carbonyl (C=O) groups excluding carboxylic acids is 3. The van der Waals surface area contributed by atoms with E-state index in [-0.39, 0.29) is 31.4 Å². The Balaban J connectivity index is 1.64. The van der Waals surface area contributed by atoms with Gasteiger partial charge in [0.2, 0.25) is 0 Å². The Morgan fingerprint density at radius 1 is 1.19 bits per heavy atom. The average molecular weight is 395 g/mol. The van der Waals surface area contributed by atoms with Crippen molar-refractivity contribution in [1.29, 1.82) is 0 Å². The molecule has 2 rings (SSSR count). The first-order valence-corrected chi connectivity index (χ1v) is 9.22. The minimum Gasteiger partial charge on any atom is -0.456 e. The summed E-state index contributed by atoms with van der Waals surface area (Å²) in [5, 5.41) is 7.05. The molecule has 0 saturated carbocycles. The molecule has 0 aliphatic heterocycles.